The Labute approximate surface area is 130 Å². The van der Waals surface area contributed by atoms with Gasteiger partial charge in [-0.05, 0) is 29.8 Å². The van der Waals surface area contributed by atoms with Gasteiger partial charge in [0.05, 0.1) is 11.6 Å². The van der Waals surface area contributed by atoms with Crippen LogP contribution in [0.15, 0.2) is 60.7 Å². The highest BCUT2D eigenvalue weighted by molar-refractivity contribution is 5.78. The van der Waals surface area contributed by atoms with Gasteiger partial charge in [0, 0.05) is 37.3 Å². The Balaban J connectivity index is 1.78. The average Bonchev–Trinajstić information content (AvgIpc) is 2.55. The first-order valence-electron chi connectivity index (χ1n) is 7.43. The Morgan fingerprint density at radius 3 is 2.41 bits per heavy atom. The molecule has 3 aromatic rings. The van der Waals surface area contributed by atoms with E-state index in [0.717, 1.165) is 27.8 Å². The minimum absolute atomic E-state index is 0.520. The van der Waals surface area contributed by atoms with Gasteiger partial charge in [0.2, 0.25) is 0 Å². The van der Waals surface area contributed by atoms with E-state index in [1.807, 2.05) is 73.6 Å². The summed E-state index contributed by atoms with van der Waals surface area (Å²) in [5.41, 5.74) is 3.92. The molecule has 112 valence electrons. The van der Waals surface area contributed by atoms with Gasteiger partial charge in [-0.15, -0.1) is 0 Å². The molecule has 0 spiro atoms. The molecule has 0 radical (unpaired) electrons. The van der Waals surface area contributed by atoms with Gasteiger partial charge in [-0.2, -0.15) is 0 Å². The normalized spacial score (nSPS) is 12.3. The lowest BCUT2D eigenvalue weighted by atomic mass is 10.0. The van der Waals surface area contributed by atoms with Crippen LogP contribution in [0.25, 0.3) is 10.9 Å². The molecule has 0 unspecified atom stereocenters. The number of aliphatic hydroxyl groups is 1. The van der Waals surface area contributed by atoms with E-state index in [-0.39, 0.29) is 0 Å². The van der Waals surface area contributed by atoms with Gasteiger partial charge in [0.25, 0.3) is 0 Å². The molecule has 3 rings (SSSR count). The Morgan fingerprint density at radius 2 is 1.68 bits per heavy atom. The summed E-state index contributed by atoms with van der Waals surface area (Å²) in [6, 6.07) is 20.1. The van der Waals surface area contributed by atoms with Crippen molar-refractivity contribution in [3.05, 3.63) is 71.9 Å². The Hall–Kier alpha value is -2.39. The fourth-order valence-corrected chi connectivity index (χ4v) is 2.53. The predicted octanol–water partition coefficient (Wildman–Crippen LogP) is 3.58. The minimum Gasteiger partial charge on any atom is -0.388 e. The van der Waals surface area contributed by atoms with Gasteiger partial charge in [-0.3, -0.25) is 4.98 Å². The molecule has 0 bridgehead atoms. The molecule has 3 heteroatoms. The first kappa shape index (κ1) is 14.5. The van der Waals surface area contributed by atoms with Crippen LogP contribution in [0.1, 0.15) is 17.4 Å². The topological polar surface area (TPSA) is 36.4 Å². The van der Waals surface area contributed by atoms with Crippen molar-refractivity contribution < 1.29 is 5.11 Å². The van der Waals surface area contributed by atoms with E-state index in [1.54, 1.807) is 0 Å². The van der Waals surface area contributed by atoms with Crippen LogP contribution < -0.4 is 4.90 Å². The lowest BCUT2D eigenvalue weighted by Crippen LogP contribution is -2.09. The van der Waals surface area contributed by atoms with Crippen molar-refractivity contribution in [3.8, 4) is 0 Å². The first-order valence-corrected chi connectivity index (χ1v) is 7.43. The molecular formula is C19H20N2O. The Morgan fingerprint density at radius 1 is 0.955 bits per heavy atom. The largest absolute Gasteiger partial charge is 0.388 e. The maximum Gasteiger partial charge on any atom is 0.0845 e. The summed E-state index contributed by atoms with van der Waals surface area (Å²) in [6.07, 6.45) is -0.0172. The highest BCUT2D eigenvalue weighted by Crippen LogP contribution is 2.21. The number of hydrogen-bond acceptors (Lipinski definition) is 3. The van der Waals surface area contributed by atoms with E-state index in [4.69, 9.17) is 0 Å². The van der Waals surface area contributed by atoms with Crippen molar-refractivity contribution >= 4 is 16.6 Å². The molecule has 0 aliphatic rings. The number of aliphatic hydroxyl groups excluding tert-OH is 1. The Bertz CT molecular complexity index is 766. The van der Waals surface area contributed by atoms with E-state index < -0.39 is 6.10 Å². The van der Waals surface area contributed by atoms with E-state index >= 15 is 0 Å². The van der Waals surface area contributed by atoms with Crippen LogP contribution in [0.5, 0.6) is 0 Å². The fourth-order valence-electron chi connectivity index (χ4n) is 2.53. The van der Waals surface area contributed by atoms with Crippen LogP contribution in [0.4, 0.5) is 5.69 Å². The van der Waals surface area contributed by atoms with Crippen molar-refractivity contribution in [2.24, 2.45) is 0 Å². The fraction of sp³-hybridized carbons (Fsp3) is 0.211. The molecular weight excluding hydrogens is 272 g/mol. The zero-order chi connectivity index (χ0) is 15.5. The molecule has 0 aliphatic carbocycles. The van der Waals surface area contributed by atoms with Gasteiger partial charge in [0.15, 0.2) is 0 Å². The number of aromatic nitrogens is 1. The monoisotopic (exact) mass is 292 g/mol. The maximum absolute atomic E-state index is 10.4. The van der Waals surface area contributed by atoms with Crippen LogP contribution in [-0.4, -0.2) is 24.2 Å². The van der Waals surface area contributed by atoms with Crippen LogP contribution in [0.2, 0.25) is 0 Å². The van der Waals surface area contributed by atoms with Crippen LogP contribution in [0.3, 0.4) is 0 Å². The predicted molar refractivity (Wildman–Crippen MR) is 91.2 cm³/mol. The van der Waals surface area contributed by atoms with Crippen molar-refractivity contribution in [1.29, 1.82) is 0 Å². The van der Waals surface area contributed by atoms with Gasteiger partial charge < -0.3 is 10.0 Å². The lowest BCUT2D eigenvalue weighted by Gasteiger charge is -2.15. The summed E-state index contributed by atoms with van der Waals surface area (Å²) in [5, 5.41) is 11.5. The number of hydrogen-bond donors (Lipinski definition) is 1. The number of anilines is 1. The number of fused-ring (bicyclic) bond motifs is 1. The third-order valence-electron chi connectivity index (χ3n) is 3.85. The summed E-state index contributed by atoms with van der Waals surface area (Å²) in [4.78, 5) is 6.66. The van der Waals surface area contributed by atoms with E-state index in [9.17, 15) is 5.11 Å². The summed E-state index contributed by atoms with van der Waals surface area (Å²) >= 11 is 0. The summed E-state index contributed by atoms with van der Waals surface area (Å²) in [6.45, 7) is 0. The first-order chi connectivity index (χ1) is 10.6. The number of benzene rings is 2. The Kier molecular flexibility index (Phi) is 4.07. The number of rotatable bonds is 4. The standard InChI is InChI=1S/C19H20N2O/c1-21(2)17-11-8-15(9-12-17)19(22)13-16-10-7-14-5-3-4-6-18(14)20-16/h3-12,19,22H,13H2,1-2H3/t19-/m0/s1. The number of pyridine rings is 1. The summed E-state index contributed by atoms with van der Waals surface area (Å²) < 4.78 is 0. The van der Waals surface area contributed by atoms with Crippen molar-refractivity contribution in [2.45, 2.75) is 12.5 Å². The smallest absolute Gasteiger partial charge is 0.0845 e. The molecule has 0 aliphatic heterocycles. The van der Waals surface area contributed by atoms with Crippen molar-refractivity contribution in [3.63, 3.8) is 0 Å². The van der Waals surface area contributed by atoms with Gasteiger partial charge in [0.1, 0.15) is 0 Å². The molecule has 0 amide bonds. The van der Waals surface area contributed by atoms with Gasteiger partial charge in [-0.25, -0.2) is 0 Å². The van der Waals surface area contributed by atoms with E-state index in [0.29, 0.717) is 6.42 Å². The molecule has 1 N–H and O–H groups in total. The molecule has 0 saturated heterocycles. The van der Waals surface area contributed by atoms with Gasteiger partial charge >= 0.3 is 0 Å². The SMILES string of the molecule is CN(C)c1ccc([C@@H](O)Cc2ccc3ccccc3n2)cc1. The van der Waals surface area contributed by atoms with Crippen LogP contribution in [-0.2, 0) is 6.42 Å². The molecule has 22 heavy (non-hydrogen) atoms. The quantitative estimate of drug-likeness (QED) is 0.798. The second kappa shape index (κ2) is 6.16. The second-order valence-corrected chi connectivity index (χ2v) is 5.70. The molecule has 0 fully saturated rings. The van der Waals surface area contributed by atoms with E-state index in [1.165, 1.54) is 0 Å². The molecule has 1 heterocycles. The number of nitrogens with zero attached hydrogens (tertiary/aromatic N) is 2. The maximum atomic E-state index is 10.4. The van der Waals surface area contributed by atoms with Crippen molar-refractivity contribution in [2.75, 3.05) is 19.0 Å². The lowest BCUT2D eigenvalue weighted by molar-refractivity contribution is 0.177. The van der Waals surface area contributed by atoms with E-state index in [2.05, 4.69) is 11.1 Å². The molecule has 1 atom stereocenters. The molecule has 0 saturated carbocycles. The van der Waals surface area contributed by atoms with Crippen LogP contribution in [0, 0.1) is 0 Å². The molecule has 1 aromatic heterocycles. The summed E-state index contributed by atoms with van der Waals surface area (Å²) in [5.74, 6) is 0. The molecule has 2 aromatic carbocycles. The zero-order valence-corrected chi connectivity index (χ0v) is 12.9. The highest BCUT2D eigenvalue weighted by atomic mass is 16.3. The zero-order valence-electron chi connectivity index (χ0n) is 12.9. The third-order valence-corrected chi connectivity index (χ3v) is 3.85. The average molecular weight is 292 g/mol. The second-order valence-electron chi connectivity index (χ2n) is 5.70. The van der Waals surface area contributed by atoms with Gasteiger partial charge in [-0.1, -0.05) is 36.4 Å². The minimum atomic E-state index is -0.537. The highest BCUT2D eigenvalue weighted by Gasteiger charge is 2.10. The number of para-hydroxylation sites is 1. The third kappa shape index (κ3) is 3.10. The van der Waals surface area contributed by atoms with Crippen LogP contribution >= 0.6 is 0 Å². The molecule has 3 nitrogen and oxygen atoms in total. The summed E-state index contributed by atoms with van der Waals surface area (Å²) in [7, 11) is 4.01. The van der Waals surface area contributed by atoms with Crippen molar-refractivity contribution in [1.82, 2.24) is 4.98 Å².